The van der Waals surface area contributed by atoms with E-state index in [4.69, 9.17) is 0 Å². The predicted molar refractivity (Wildman–Crippen MR) is 61.1 cm³/mol. The molecule has 0 radical (unpaired) electrons. The molecule has 0 spiro atoms. The van der Waals surface area contributed by atoms with Crippen molar-refractivity contribution in [1.29, 1.82) is 0 Å². The smallest absolute Gasteiger partial charge is 0.00645 e. The van der Waals surface area contributed by atoms with Crippen molar-refractivity contribution in [2.45, 2.75) is 65.8 Å². The molecule has 0 saturated carbocycles. The van der Waals surface area contributed by atoms with Crippen LogP contribution in [-0.4, -0.2) is 12.6 Å². The van der Waals surface area contributed by atoms with Crippen LogP contribution in [0.25, 0.3) is 0 Å². The number of hydrogen-bond acceptors (Lipinski definition) is 1. The summed E-state index contributed by atoms with van der Waals surface area (Å²) in [6.45, 7) is 10.3. The Morgan fingerprint density at radius 2 is 1.69 bits per heavy atom. The first-order chi connectivity index (χ1) is 6.24. The second-order valence-corrected chi connectivity index (χ2v) is 4.15. The van der Waals surface area contributed by atoms with Crippen molar-refractivity contribution in [3.05, 3.63) is 0 Å². The highest BCUT2D eigenvalue weighted by Crippen LogP contribution is 2.12. The van der Waals surface area contributed by atoms with E-state index in [0.717, 1.165) is 12.0 Å². The maximum atomic E-state index is 3.60. The predicted octanol–water partition coefficient (Wildman–Crippen LogP) is 3.59. The van der Waals surface area contributed by atoms with Gasteiger partial charge < -0.3 is 5.32 Å². The molecule has 13 heavy (non-hydrogen) atoms. The van der Waals surface area contributed by atoms with Gasteiger partial charge in [-0.05, 0) is 38.1 Å². The third kappa shape index (κ3) is 7.06. The molecule has 0 saturated heterocycles. The van der Waals surface area contributed by atoms with E-state index in [0.29, 0.717) is 0 Å². The first kappa shape index (κ1) is 13.0. The van der Waals surface area contributed by atoms with Gasteiger partial charge in [-0.15, -0.1) is 0 Å². The van der Waals surface area contributed by atoms with Crippen LogP contribution in [0.4, 0.5) is 0 Å². The van der Waals surface area contributed by atoms with Gasteiger partial charge in [-0.2, -0.15) is 0 Å². The van der Waals surface area contributed by atoms with Crippen LogP contribution in [0.5, 0.6) is 0 Å². The van der Waals surface area contributed by atoms with E-state index in [9.17, 15) is 0 Å². The summed E-state index contributed by atoms with van der Waals surface area (Å²) in [6, 6.07) is 0.758. The molecular formula is C12H27N. The molecule has 0 fully saturated rings. The molecule has 2 unspecified atom stereocenters. The third-order valence-electron chi connectivity index (χ3n) is 2.88. The third-order valence-corrected chi connectivity index (χ3v) is 2.88. The molecule has 1 N–H and O–H groups in total. The molecule has 0 heterocycles. The highest BCUT2D eigenvalue weighted by molar-refractivity contribution is 4.65. The average Bonchev–Trinajstić information content (AvgIpc) is 2.17. The lowest BCUT2D eigenvalue weighted by Gasteiger charge is -2.18. The van der Waals surface area contributed by atoms with Crippen LogP contribution in [0.3, 0.4) is 0 Å². The van der Waals surface area contributed by atoms with Gasteiger partial charge in [0, 0.05) is 6.04 Å². The van der Waals surface area contributed by atoms with Crippen LogP contribution in [0, 0.1) is 5.92 Å². The van der Waals surface area contributed by atoms with Gasteiger partial charge in [-0.1, -0.05) is 34.1 Å². The van der Waals surface area contributed by atoms with E-state index in [-0.39, 0.29) is 0 Å². The Hall–Kier alpha value is -0.0400. The van der Waals surface area contributed by atoms with E-state index in [1.54, 1.807) is 0 Å². The van der Waals surface area contributed by atoms with Crippen molar-refractivity contribution >= 4 is 0 Å². The minimum absolute atomic E-state index is 0.758. The molecule has 0 aromatic carbocycles. The molecule has 0 aromatic rings. The fraction of sp³-hybridized carbons (Fsp3) is 1.00. The van der Waals surface area contributed by atoms with Gasteiger partial charge >= 0.3 is 0 Å². The number of rotatable bonds is 8. The normalized spacial score (nSPS) is 15.7. The van der Waals surface area contributed by atoms with Crippen LogP contribution >= 0.6 is 0 Å². The quantitative estimate of drug-likeness (QED) is 0.609. The standard InChI is InChI=1S/C12H27N/c1-5-10-13-12(7-3)9-8-11(4)6-2/h11-13H,5-10H2,1-4H3. The van der Waals surface area contributed by atoms with Crippen molar-refractivity contribution in [3.8, 4) is 0 Å². The first-order valence-electron chi connectivity index (χ1n) is 5.97. The number of nitrogens with one attached hydrogen (secondary N) is 1. The Kier molecular flexibility index (Phi) is 8.53. The van der Waals surface area contributed by atoms with Crippen molar-refractivity contribution in [1.82, 2.24) is 5.32 Å². The zero-order chi connectivity index (χ0) is 10.1. The van der Waals surface area contributed by atoms with E-state index < -0.39 is 0 Å². The molecule has 1 nitrogen and oxygen atoms in total. The second-order valence-electron chi connectivity index (χ2n) is 4.15. The van der Waals surface area contributed by atoms with E-state index >= 15 is 0 Å². The van der Waals surface area contributed by atoms with Gasteiger partial charge in [-0.3, -0.25) is 0 Å². The highest BCUT2D eigenvalue weighted by atomic mass is 14.9. The van der Waals surface area contributed by atoms with Crippen LogP contribution in [0.15, 0.2) is 0 Å². The monoisotopic (exact) mass is 185 g/mol. The molecule has 0 rings (SSSR count). The highest BCUT2D eigenvalue weighted by Gasteiger charge is 2.06. The summed E-state index contributed by atoms with van der Waals surface area (Å²) in [7, 11) is 0. The molecule has 0 bridgehead atoms. The van der Waals surface area contributed by atoms with Gasteiger partial charge in [0.05, 0.1) is 0 Å². The molecule has 2 atom stereocenters. The molecule has 0 amide bonds. The van der Waals surface area contributed by atoms with Crippen LogP contribution in [-0.2, 0) is 0 Å². The minimum atomic E-state index is 0.758. The minimum Gasteiger partial charge on any atom is -0.314 e. The van der Waals surface area contributed by atoms with Crippen molar-refractivity contribution < 1.29 is 0 Å². The summed E-state index contributed by atoms with van der Waals surface area (Å²) in [5, 5.41) is 3.60. The van der Waals surface area contributed by atoms with E-state index in [1.165, 1.54) is 38.6 Å². The lowest BCUT2D eigenvalue weighted by molar-refractivity contribution is 0.403. The Balaban J connectivity index is 3.46. The fourth-order valence-electron chi connectivity index (χ4n) is 1.49. The summed E-state index contributed by atoms with van der Waals surface area (Å²) >= 11 is 0. The summed E-state index contributed by atoms with van der Waals surface area (Å²) in [5.41, 5.74) is 0. The van der Waals surface area contributed by atoms with Crippen molar-refractivity contribution in [2.24, 2.45) is 5.92 Å². The maximum absolute atomic E-state index is 3.60. The van der Waals surface area contributed by atoms with Gasteiger partial charge in [0.25, 0.3) is 0 Å². The van der Waals surface area contributed by atoms with Gasteiger partial charge in [0.1, 0.15) is 0 Å². The zero-order valence-corrected chi connectivity index (χ0v) is 9.90. The SMILES string of the molecule is CCCNC(CC)CCC(C)CC. The first-order valence-corrected chi connectivity index (χ1v) is 5.97. The molecule has 1 heteroatoms. The summed E-state index contributed by atoms with van der Waals surface area (Å²) < 4.78 is 0. The molecule has 80 valence electrons. The molecule has 0 aliphatic carbocycles. The zero-order valence-electron chi connectivity index (χ0n) is 9.90. The summed E-state index contributed by atoms with van der Waals surface area (Å²) in [5.74, 6) is 0.900. The maximum Gasteiger partial charge on any atom is 0.00645 e. The Morgan fingerprint density at radius 1 is 1.00 bits per heavy atom. The number of hydrogen-bond donors (Lipinski definition) is 1. The Labute approximate surface area is 84.3 Å². The molecular weight excluding hydrogens is 158 g/mol. The van der Waals surface area contributed by atoms with Gasteiger partial charge in [0.15, 0.2) is 0 Å². The Bertz CT molecular complexity index is 101. The van der Waals surface area contributed by atoms with Crippen LogP contribution in [0.1, 0.15) is 59.8 Å². The van der Waals surface area contributed by atoms with Crippen LogP contribution < -0.4 is 5.32 Å². The van der Waals surface area contributed by atoms with E-state index in [1.807, 2.05) is 0 Å². The largest absolute Gasteiger partial charge is 0.314 e. The fourth-order valence-corrected chi connectivity index (χ4v) is 1.49. The molecule has 0 aromatic heterocycles. The topological polar surface area (TPSA) is 12.0 Å². The lowest BCUT2D eigenvalue weighted by Crippen LogP contribution is -2.29. The Morgan fingerprint density at radius 3 is 2.15 bits per heavy atom. The van der Waals surface area contributed by atoms with Crippen LogP contribution in [0.2, 0.25) is 0 Å². The molecule has 0 aliphatic rings. The van der Waals surface area contributed by atoms with E-state index in [2.05, 4.69) is 33.0 Å². The second kappa shape index (κ2) is 8.55. The summed E-state index contributed by atoms with van der Waals surface area (Å²) in [4.78, 5) is 0. The summed E-state index contributed by atoms with van der Waals surface area (Å²) in [6.07, 6.45) is 6.58. The molecule has 0 aliphatic heterocycles. The average molecular weight is 185 g/mol. The van der Waals surface area contributed by atoms with Crippen molar-refractivity contribution in [2.75, 3.05) is 6.54 Å². The van der Waals surface area contributed by atoms with Gasteiger partial charge in [0.2, 0.25) is 0 Å². The van der Waals surface area contributed by atoms with Gasteiger partial charge in [-0.25, -0.2) is 0 Å². The lowest BCUT2D eigenvalue weighted by atomic mass is 9.98. The van der Waals surface area contributed by atoms with Crippen molar-refractivity contribution in [3.63, 3.8) is 0 Å².